The van der Waals surface area contributed by atoms with Gasteiger partial charge in [0.05, 0.1) is 16.5 Å². The Kier molecular flexibility index (Phi) is 6.79. The second-order valence-electron chi connectivity index (χ2n) is 9.86. The van der Waals surface area contributed by atoms with Crippen LogP contribution in [0, 0.1) is 11.6 Å². The first-order chi connectivity index (χ1) is 17.0. The molecule has 1 aliphatic rings. The fourth-order valence-corrected chi connectivity index (χ4v) is 4.12. The molecule has 1 saturated heterocycles. The van der Waals surface area contributed by atoms with Gasteiger partial charge in [-0.1, -0.05) is 6.07 Å². The zero-order valence-electron chi connectivity index (χ0n) is 21.0. The summed E-state index contributed by atoms with van der Waals surface area (Å²) >= 11 is 0. The zero-order chi connectivity index (χ0) is 26.2. The van der Waals surface area contributed by atoms with Crippen molar-refractivity contribution in [1.29, 1.82) is 0 Å². The molecular weight excluding hydrogens is 468 g/mol. The van der Waals surface area contributed by atoms with Crippen LogP contribution in [-0.2, 0) is 4.74 Å². The van der Waals surface area contributed by atoms with E-state index in [0.29, 0.717) is 48.6 Å². The summed E-state index contributed by atoms with van der Waals surface area (Å²) in [4.78, 5) is 38.1. The molecule has 4 rings (SSSR count). The second kappa shape index (κ2) is 9.67. The van der Waals surface area contributed by atoms with Crippen molar-refractivity contribution in [2.45, 2.75) is 26.4 Å². The molecule has 36 heavy (non-hydrogen) atoms. The van der Waals surface area contributed by atoms with Gasteiger partial charge in [-0.15, -0.1) is 0 Å². The number of amides is 2. The molecule has 0 radical (unpaired) electrons. The summed E-state index contributed by atoms with van der Waals surface area (Å²) in [6.45, 7) is 7.11. The summed E-state index contributed by atoms with van der Waals surface area (Å²) in [6, 6.07) is 7.13. The van der Waals surface area contributed by atoms with E-state index in [-0.39, 0.29) is 17.0 Å². The minimum atomic E-state index is -0.670. The fraction of sp³-hybridized carbons (Fsp3) is 0.385. The van der Waals surface area contributed by atoms with Crippen LogP contribution in [0.5, 0.6) is 0 Å². The number of nitrogens with zero attached hydrogens (tertiary/aromatic N) is 5. The maximum Gasteiger partial charge on any atom is 0.410 e. The highest BCUT2D eigenvalue weighted by Gasteiger charge is 2.28. The number of hydrogen-bond acceptors (Lipinski definition) is 6. The van der Waals surface area contributed by atoms with Crippen LogP contribution in [0.25, 0.3) is 22.0 Å². The van der Waals surface area contributed by atoms with Gasteiger partial charge in [-0.2, -0.15) is 0 Å². The van der Waals surface area contributed by atoms with Gasteiger partial charge in [0, 0.05) is 45.8 Å². The maximum atomic E-state index is 15.1. The Morgan fingerprint density at radius 1 is 0.972 bits per heavy atom. The Bertz CT molecular complexity index is 1310. The zero-order valence-corrected chi connectivity index (χ0v) is 21.0. The first-order valence-electron chi connectivity index (χ1n) is 11.6. The molecule has 1 aromatic heterocycles. The third-order valence-corrected chi connectivity index (χ3v) is 5.87. The van der Waals surface area contributed by atoms with Gasteiger partial charge in [0.25, 0.3) is 5.91 Å². The summed E-state index contributed by atoms with van der Waals surface area (Å²) in [5, 5.41) is 0.217. The molecule has 3 aromatic rings. The first-order valence-corrected chi connectivity index (χ1v) is 11.6. The Hall–Kier alpha value is -3.82. The highest BCUT2D eigenvalue weighted by atomic mass is 19.1. The second-order valence-corrected chi connectivity index (χ2v) is 9.86. The number of hydrogen-bond donors (Lipinski definition) is 0. The quantitative estimate of drug-likeness (QED) is 0.536. The predicted octanol–water partition coefficient (Wildman–Crippen LogP) is 4.33. The minimum absolute atomic E-state index is 0.0478. The van der Waals surface area contributed by atoms with Crippen molar-refractivity contribution in [3.8, 4) is 11.1 Å². The van der Waals surface area contributed by atoms with Crippen LogP contribution in [0.1, 0.15) is 31.1 Å². The molecule has 190 valence electrons. The van der Waals surface area contributed by atoms with Crippen LogP contribution in [-0.4, -0.2) is 77.6 Å². The topological polar surface area (TPSA) is 78.9 Å². The lowest BCUT2D eigenvalue weighted by Crippen LogP contribution is -2.50. The van der Waals surface area contributed by atoms with Crippen LogP contribution in [0.15, 0.2) is 36.7 Å². The van der Waals surface area contributed by atoms with Crippen molar-refractivity contribution in [2.24, 2.45) is 0 Å². The van der Waals surface area contributed by atoms with Gasteiger partial charge < -0.3 is 19.4 Å². The lowest BCUT2D eigenvalue weighted by molar-refractivity contribution is 0.0240. The minimum Gasteiger partial charge on any atom is -0.444 e. The van der Waals surface area contributed by atoms with Gasteiger partial charge in [-0.3, -0.25) is 4.79 Å². The van der Waals surface area contributed by atoms with E-state index >= 15 is 4.39 Å². The Morgan fingerprint density at radius 2 is 1.67 bits per heavy atom. The number of halogens is 2. The van der Waals surface area contributed by atoms with E-state index in [4.69, 9.17) is 4.74 Å². The highest BCUT2D eigenvalue weighted by molar-refractivity contribution is 6.00. The van der Waals surface area contributed by atoms with Crippen molar-refractivity contribution in [2.75, 3.05) is 45.2 Å². The van der Waals surface area contributed by atoms with Gasteiger partial charge in [-0.25, -0.2) is 23.5 Å². The fourth-order valence-electron chi connectivity index (χ4n) is 4.12. The molecule has 8 nitrogen and oxygen atoms in total. The Morgan fingerprint density at radius 3 is 2.28 bits per heavy atom. The molecule has 0 N–H and O–H groups in total. The van der Waals surface area contributed by atoms with Crippen molar-refractivity contribution < 1.29 is 23.1 Å². The van der Waals surface area contributed by atoms with E-state index in [0.717, 1.165) is 0 Å². The number of anilines is 1. The standard InChI is InChI=1S/C26H29F2N5O3/c1-26(2,3)36-25(35)33-12-10-32(11-13-33)23-21-19(27)9-8-17(22(21)29-15-30-23)16-6-7-18(20(28)14-16)24(34)31(4)5/h6-9,14-15H,10-13H2,1-5H3. The Balaban J connectivity index is 1.65. The number of benzene rings is 2. The summed E-state index contributed by atoms with van der Waals surface area (Å²) in [6.07, 6.45) is 0.961. The van der Waals surface area contributed by atoms with Crippen molar-refractivity contribution in [3.63, 3.8) is 0 Å². The average Bonchev–Trinajstić information content (AvgIpc) is 2.82. The van der Waals surface area contributed by atoms with Crippen LogP contribution < -0.4 is 4.90 Å². The summed E-state index contributed by atoms with van der Waals surface area (Å²) in [7, 11) is 3.10. The molecule has 1 aliphatic heterocycles. The molecule has 2 heterocycles. The molecule has 2 aromatic carbocycles. The normalized spacial score (nSPS) is 14.2. The first kappa shape index (κ1) is 25.3. The molecular formula is C26H29F2N5O3. The molecule has 0 bridgehead atoms. The average molecular weight is 498 g/mol. The lowest BCUT2D eigenvalue weighted by atomic mass is 9.99. The third kappa shape index (κ3) is 5.07. The monoisotopic (exact) mass is 497 g/mol. The smallest absolute Gasteiger partial charge is 0.410 e. The van der Waals surface area contributed by atoms with Crippen LogP contribution in [0.4, 0.5) is 19.4 Å². The molecule has 0 aliphatic carbocycles. The van der Waals surface area contributed by atoms with Crippen LogP contribution in [0.3, 0.4) is 0 Å². The molecule has 2 amide bonds. The number of aromatic nitrogens is 2. The van der Waals surface area contributed by atoms with E-state index in [1.165, 1.54) is 35.5 Å². The molecule has 1 fully saturated rings. The lowest BCUT2D eigenvalue weighted by Gasteiger charge is -2.36. The van der Waals surface area contributed by atoms with Crippen molar-refractivity contribution >= 4 is 28.7 Å². The number of piperazine rings is 1. The third-order valence-electron chi connectivity index (χ3n) is 5.87. The number of fused-ring (bicyclic) bond motifs is 1. The van der Waals surface area contributed by atoms with Crippen molar-refractivity contribution in [1.82, 2.24) is 19.8 Å². The SMILES string of the molecule is CN(C)C(=O)c1ccc(-c2ccc(F)c3c(N4CCN(C(=O)OC(C)(C)C)CC4)ncnc23)cc1F. The van der Waals surface area contributed by atoms with Gasteiger partial charge >= 0.3 is 6.09 Å². The van der Waals surface area contributed by atoms with E-state index < -0.39 is 23.1 Å². The number of carbonyl (C=O) groups excluding carboxylic acids is 2. The van der Waals surface area contributed by atoms with Gasteiger partial charge in [0.15, 0.2) is 0 Å². The van der Waals surface area contributed by atoms with Gasteiger partial charge in [0.1, 0.15) is 29.4 Å². The molecule has 0 unspecified atom stereocenters. The van der Waals surface area contributed by atoms with E-state index in [9.17, 15) is 14.0 Å². The van der Waals surface area contributed by atoms with E-state index in [2.05, 4.69) is 9.97 Å². The predicted molar refractivity (Wildman–Crippen MR) is 133 cm³/mol. The van der Waals surface area contributed by atoms with E-state index in [1.54, 1.807) is 25.1 Å². The van der Waals surface area contributed by atoms with E-state index in [1.807, 2.05) is 25.7 Å². The molecule has 0 spiro atoms. The molecule has 0 saturated carbocycles. The Labute approximate surface area is 208 Å². The molecule has 10 heteroatoms. The number of carbonyl (C=O) groups is 2. The summed E-state index contributed by atoms with van der Waals surface area (Å²) in [5.41, 5.74) is 0.681. The van der Waals surface area contributed by atoms with Crippen molar-refractivity contribution in [3.05, 3.63) is 53.9 Å². The van der Waals surface area contributed by atoms with Gasteiger partial charge in [-0.05, 0) is 50.6 Å². The van der Waals surface area contributed by atoms with Gasteiger partial charge in [0.2, 0.25) is 0 Å². The summed E-state index contributed by atoms with van der Waals surface area (Å²) < 4.78 is 35.4. The molecule has 0 atom stereocenters. The summed E-state index contributed by atoms with van der Waals surface area (Å²) in [5.74, 6) is -1.21. The maximum absolute atomic E-state index is 15.1. The number of ether oxygens (including phenoxy) is 1. The number of rotatable bonds is 3. The van der Waals surface area contributed by atoms with Crippen LogP contribution in [0.2, 0.25) is 0 Å². The highest BCUT2D eigenvalue weighted by Crippen LogP contribution is 2.34. The van der Waals surface area contributed by atoms with Crippen LogP contribution >= 0.6 is 0 Å². The largest absolute Gasteiger partial charge is 0.444 e.